The van der Waals surface area contributed by atoms with Crippen LogP contribution in [0.4, 0.5) is 10.5 Å². The van der Waals surface area contributed by atoms with Crippen molar-refractivity contribution in [1.82, 2.24) is 15.2 Å². The molecule has 8 nitrogen and oxygen atoms in total. The highest BCUT2D eigenvalue weighted by Gasteiger charge is 2.42. The predicted octanol–water partition coefficient (Wildman–Crippen LogP) is 5.28. The molecule has 1 heterocycles. The molecule has 0 bridgehead atoms. The lowest BCUT2D eigenvalue weighted by molar-refractivity contribution is 0.130. The van der Waals surface area contributed by atoms with Crippen LogP contribution in [-0.2, 0) is 11.3 Å². The molecule has 0 aliphatic heterocycles. The van der Waals surface area contributed by atoms with Gasteiger partial charge in [0.05, 0.1) is 11.7 Å². The van der Waals surface area contributed by atoms with Gasteiger partial charge in [-0.25, -0.2) is 9.78 Å². The summed E-state index contributed by atoms with van der Waals surface area (Å²) in [7, 11) is 0. The third kappa shape index (κ3) is 4.37. The molecule has 2 aliphatic rings. The van der Waals surface area contributed by atoms with Crippen molar-refractivity contribution in [3.8, 4) is 11.8 Å². The molecule has 0 saturated heterocycles. The maximum absolute atomic E-state index is 11.9. The molecule has 1 aromatic heterocycles. The number of allylic oxidation sites excluding steroid dienone is 2. The molecule has 34 heavy (non-hydrogen) atoms. The van der Waals surface area contributed by atoms with Gasteiger partial charge >= 0.3 is 6.09 Å². The second kappa shape index (κ2) is 9.02. The number of fused-ring (bicyclic) bond motifs is 1. The zero-order chi connectivity index (χ0) is 23.7. The number of hydrogen-bond donors (Lipinski definition) is 2. The Kier molecular flexibility index (Phi) is 5.76. The summed E-state index contributed by atoms with van der Waals surface area (Å²) in [5.74, 6) is 2.04. The van der Waals surface area contributed by atoms with E-state index < -0.39 is 6.09 Å². The summed E-state index contributed by atoms with van der Waals surface area (Å²) >= 11 is 0. The second-order valence-corrected chi connectivity index (χ2v) is 8.84. The number of ether oxygens (including phenoxy) is 2. The van der Waals surface area contributed by atoms with E-state index in [9.17, 15) is 10.1 Å². The lowest BCUT2D eigenvalue weighted by Crippen LogP contribution is -2.17. The number of nitrogens with zero attached hydrogens (tertiary/aromatic N) is 3. The van der Waals surface area contributed by atoms with Gasteiger partial charge in [0.1, 0.15) is 24.8 Å². The third-order valence-corrected chi connectivity index (χ3v) is 6.04. The summed E-state index contributed by atoms with van der Waals surface area (Å²) in [4.78, 5) is 16.0. The van der Waals surface area contributed by atoms with Crippen LogP contribution in [0.1, 0.15) is 55.1 Å². The van der Waals surface area contributed by atoms with Gasteiger partial charge in [-0.2, -0.15) is 10.4 Å². The first-order chi connectivity index (χ1) is 16.5. The first kappa shape index (κ1) is 21.7. The number of aromatic nitrogens is 3. The lowest BCUT2D eigenvalue weighted by atomic mass is 9.86. The van der Waals surface area contributed by atoms with Crippen molar-refractivity contribution in [2.24, 2.45) is 5.92 Å². The molecule has 2 aromatic carbocycles. The molecule has 2 N–H and O–H groups in total. The maximum Gasteiger partial charge on any atom is 0.411 e. The van der Waals surface area contributed by atoms with Crippen LogP contribution in [0.25, 0.3) is 11.1 Å². The fraction of sp³-hybridized carbons (Fsp3) is 0.308. The second-order valence-electron chi connectivity index (χ2n) is 8.84. The minimum atomic E-state index is -0.485. The van der Waals surface area contributed by atoms with E-state index in [4.69, 9.17) is 9.47 Å². The molecule has 5 rings (SSSR count). The number of nitrogens with one attached hydrogen (secondary N) is 2. The van der Waals surface area contributed by atoms with Crippen LogP contribution >= 0.6 is 0 Å². The van der Waals surface area contributed by atoms with E-state index >= 15 is 0 Å². The van der Waals surface area contributed by atoms with E-state index in [1.807, 2.05) is 36.4 Å². The Labute approximate surface area is 197 Å². The Bertz CT molecular complexity index is 1270. The Balaban J connectivity index is 1.42. The zero-order valence-corrected chi connectivity index (χ0v) is 19.0. The topological polar surface area (TPSA) is 113 Å². The molecule has 1 amide bonds. The first-order valence-electron chi connectivity index (χ1n) is 11.4. The van der Waals surface area contributed by atoms with Crippen LogP contribution in [0.15, 0.2) is 48.8 Å². The molecule has 3 aromatic rings. The average molecular weight is 456 g/mol. The fourth-order valence-corrected chi connectivity index (χ4v) is 4.48. The molecular formula is C26H25N5O3. The van der Waals surface area contributed by atoms with E-state index in [1.54, 1.807) is 13.8 Å². The van der Waals surface area contributed by atoms with E-state index in [1.165, 1.54) is 6.33 Å². The average Bonchev–Trinajstić information content (AvgIpc) is 3.41. The smallest absolute Gasteiger partial charge is 0.411 e. The van der Waals surface area contributed by atoms with E-state index in [0.717, 1.165) is 40.9 Å². The van der Waals surface area contributed by atoms with Crippen LogP contribution < -0.4 is 10.1 Å². The van der Waals surface area contributed by atoms with Crippen LogP contribution in [0.5, 0.6) is 5.75 Å². The number of anilines is 1. The largest absolute Gasteiger partial charge is 0.486 e. The Morgan fingerprint density at radius 2 is 2.03 bits per heavy atom. The van der Waals surface area contributed by atoms with Crippen molar-refractivity contribution in [2.75, 3.05) is 5.32 Å². The summed E-state index contributed by atoms with van der Waals surface area (Å²) in [6.07, 6.45) is 3.05. The SMILES string of the molecule is CC(C)OC(=O)Nc1ccc(C2=C(C#N)c3ccc(OCc4ncn[nH]4)cc3C2C2CC2)cc1. The molecule has 1 atom stereocenters. The van der Waals surface area contributed by atoms with Crippen molar-refractivity contribution >= 4 is 22.9 Å². The summed E-state index contributed by atoms with van der Waals surface area (Å²) in [6, 6.07) is 16.0. The molecule has 0 spiro atoms. The van der Waals surface area contributed by atoms with Gasteiger partial charge in [0, 0.05) is 11.6 Å². The Hall–Kier alpha value is -4.12. The van der Waals surface area contributed by atoms with Crippen LogP contribution in [0.2, 0.25) is 0 Å². The number of aromatic amines is 1. The van der Waals surface area contributed by atoms with Gasteiger partial charge < -0.3 is 9.47 Å². The highest BCUT2D eigenvalue weighted by atomic mass is 16.6. The molecule has 2 aliphatic carbocycles. The van der Waals surface area contributed by atoms with E-state index in [2.05, 4.69) is 32.6 Å². The molecular weight excluding hydrogens is 430 g/mol. The van der Waals surface area contributed by atoms with Crippen molar-refractivity contribution in [1.29, 1.82) is 5.26 Å². The highest BCUT2D eigenvalue weighted by Crippen LogP contribution is 2.57. The number of H-pyrrole nitrogens is 1. The van der Waals surface area contributed by atoms with Gasteiger partial charge in [0.15, 0.2) is 5.82 Å². The summed E-state index contributed by atoms with van der Waals surface area (Å²) in [5, 5.41) is 19.5. The van der Waals surface area contributed by atoms with Gasteiger partial charge in [0.25, 0.3) is 0 Å². The van der Waals surface area contributed by atoms with Gasteiger partial charge in [-0.1, -0.05) is 12.1 Å². The van der Waals surface area contributed by atoms with Gasteiger partial charge in [-0.15, -0.1) is 0 Å². The van der Waals surface area contributed by atoms with Crippen LogP contribution in [-0.4, -0.2) is 27.4 Å². The Morgan fingerprint density at radius 3 is 2.68 bits per heavy atom. The van der Waals surface area contributed by atoms with Crippen molar-refractivity contribution in [2.45, 2.75) is 45.3 Å². The quantitative estimate of drug-likeness (QED) is 0.501. The lowest BCUT2D eigenvalue weighted by Gasteiger charge is -2.18. The zero-order valence-electron chi connectivity index (χ0n) is 19.0. The van der Waals surface area contributed by atoms with Gasteiger partial charge in [-0.3, -0.25) is 10.4 Å². The van der Waals surface area contributed by atoms with Crippen LogP contribution in [0.3, 0.4) is 0 Å². The minimum absolute atomic E-state index is 0.142. The number of carbonyl (C=O) groups is 1. The maximum atomic E-state index is 11.9. The number of hydrogen-bond acceptors (Lipinski definition) is 6. The molecule has 1 fully saturated rings. The molecule has 0 radical (unpaired) electrons. The summed E-state index contributed by atoms with van der Waals surface area (Å²) in [6.45, 7) is 3.91. The fourth-order valence-electron chi connectivity index (χ4n) is 4.48. The van der Waals surface area contributed by atoms with Crippen LogP contribution in [0, 0.1) is 17.2 Å². The van der Waals surface area contributed by atoms with Gasteiger partial charge in [0.2, 0.25) is 0 Å². The molecule has 8 heteroatoms. The third-order valence-electron chi connectivity index (χ3n) is 6.04. The number of nitriles is 1. The highest BCUT2D eigenvalue weighted by molar-refractivity contribution is 6.05. The number of amides is 1. The molecule has 172 valence electrons. The summed E-state index contributed by atoms with van der Waals surface area (Å²) < 4.78 is 11.1. The number of carbonyl (C=O) groups excluding carboxylic acids is 1. The first-order valence-corrected chi connectivity index (χ1v) is 11.4. The van der Waals surface area contributed by atoms with E-state index in [-0.39, 0.29) is 12.0 Å². The molecule has 1 unspecified atom stereocenters. The van der Waals surface area contributed by atoms with E-state index in [0.29, 0.717) is 29.6 Å². The normalized spacial score (nSPS) is 16.8. The minimum Gasteiger partial charge on any atom is -0.486 e. The predicted molar refractivity (Wildman–Crippen MR) is 127 cm³/mol. The van der Waals surface area contributed by atoms with Gasteiger partial charge in [-0.05, 0) is 85.2 Å². The number of benzene rings is 2. The standard InChI is InChI=1S/C26H25N5O3/c1-15(2)34-26(32)30-18-7-5-17(6-8-18)25-22(12-27)20-10-9-19(33-13-23-28-14-29-31-23)11-21(20)24(25)16-3-4-16/h5-11,14-16,24H,3-4,13H2,1-2H3,(H,30,32)(H,28,29,31). The number of rotatable bonds is 7. The van der Waals surface area contributed by atoms with Crippen molar-refractivity contribution < 1.29 is 14.3 Å². The Morgan fingerprint density at radius 1 is 1.24 bits per heavy atom. The van der Waals surface area contributed by atoms with Crippen molar-refractivity contribution in [3.05, 3.63) is 71.3 Å². The van der Waals surface area contributed by atoms with Crippen molar-refractivity contribution in [3.63, 3.8) is 0 Å². The monoisotopic (exact) mass is 455 g/mol. The molecule has 1 saturated carbocycles. The summed E-state index contributed by atoms with van der Waals surface area (Å²) in [5.41, 5.74) is 5.47.